The first-order chi connectivity index (χ1) is 14.0. The molecule has 1 fully saturated rings. The van der Waals surface area contributed by atoms with E-state index in [1.165, 1.54) is 0 Å². The first-order valence-electron chi connectivity index (χ1n) is 9.67. The predicted octanol–water partition coefficient (Wildman–Crippen LogP) is 3.18. The predicted molar refractivity (Wildman–Crippen MR) is 101 cm³/mol. The third-order valence-corrected chi connectivity index (χ3v) is 5.29. The van der Waals surface area contributed by atoms with Gasteiger partial charge in [-0.05, 0) is 25.0 Å². The van der Waals surface area contributed by atoms with Crippen molar-refractivity contribution >= 4 is 11.7 Å². The number of hydrogen-bond donors (Lipinski definition) is 1. The molecule has 0 radical (unpaired) electrons. The Morgan fingerprint density at radius 1 is 1.23 bits per heavy atom. The largest absolute Gasteiger partial charge is 0.433 e. The Hall–Kier alpha value is -2.98. The molecule has 8 nitrogen and oxygen atoms in total. The summed E-state index contributed by atoms with van der Waals surface area (Å²) >= 11 is 0. The summed E-state index contributed by atoms with van der Waals surface area (Å²) in [5.41, 5.74) is 0.301. The molecule has 0 spiro atoms. The number of rotatable bonds is 2. The van der Waals surface area contributed by atoms with Crippen molar-refractivity contribution in [3.63, 3.8) is 0 Å². The van der Waals surface area contributed by atoms with Crippen LogP contribution >= 0.6 is 0 Å². The highest BCUT2D eigenvalue weighted by Gasteiger charge is 2.37. The average molecular weight is 421 g/mol. The summed E-state index contributed by atoms with van der Waals surface area (Å²) in [6.07, 6.45) is -2.26. The number of aromatic nitrogens is 6. The van der Waals surface area contributed by atoms with Crippen molar-refractivity contribution in [1.29, 1.82) is 0 Å². The number of alkyl halides is 3. The van der Waals surface area contributed by atoms with E-state index < -0.39 is 11.9 Å². The molecule has 0 bridgehead atoms. The third-order valence-electron chi connectivity index (χ3n) is 5.29. The number of aromatic amines is 1. The third kappa shape index (κ3) is 3.75. The van der Waals surface area contributed by atoms with Crippen LogP contribution in [0.5, 0.6) is 0 Å². The lowest BCUT2D eigenvalue weighted by atomic mass is 9.92. The van der Waals surface area contributed by atoms with Crippen molar-refractivity contribution in [3.8, 4) is 0 Å². The number of amides is 1. The number of likely N-dealkylation sites (tertiary alicyclic amines) is 1. The molecule has 1 atom stereocenters. The maximum atomic E-state index is 13.5. The van der Waals surface area contributed by atoms with Gasteiger partial charge in [0.05, 0.1) is 5.69 Å². The standard InChI is InChI=1S/C19H22F3N7O/c1-18(2,3)14-7-13(26-27-14)16(30)28-6-4-5-11(9-28)12-8-15(19(20,21)22)29-17(25-12)23-10-24-29/h7-8,10-11H,4-6,9H2,1-3H3,(H,26,27)/t11-/m0/s1. The molecule has 4 heterocycles. The molecule has 1 aliphatic rings. The molecule has 0 aromatic carbocycles. The molecule has 1 aliphatic heterocycles. The number of carbonyl (C=O) groups is 1. The van der Waals surface area contributed by atoms with Crippen molar-refractivity contribution in [2.45, 2.75) is 51.1 Å². The van der Waals surface area contributed by atoms with Gasteiger partial charge in [0.2, 0.25) is 0 Å². The van der Waals surface area contributed by atoms with Crippen LogP contribution < -0.4 is 0 Å². The summed E-state index contributed by atoms with van der Waals surface area (Å²) in [5.74, 6) is -0.678. The zero-order valence-electron chi connectivity index (χ0n) is 16.9. The van der Waals surface area contributed by atoms with Gasteiger partial charge in [0, 0.05) is 30.1 Å². The number of hydrogen-bond acceptors (Lipinski definition) is 5. The van der Waals surface area contributed by atoms with E-state index in [0.29, 0.717) is 29.6 Å². The molecule has 3 aromatic rings. The first kappa shape index (κ1) is 20.3. The summed E-state index contributed by atoms with van der Waals surface area (Å²) in [6, 6.07) is 2.74. The molecule has 1 N–H and O–H groups in total. The number of fused-ring (bicyclic) bond motifs is 1. The minimum Gasteiger partial charge on any atom is -0.337 e. The van der Waals surface area contributed by atoms with Gasteiger partial charge in [-0.25, -0.2) is 4.98 Å². The molecule has 160 valence electrons. The highest BCUT2D eigenvalue weighted by atomic mass is 19.4. The zero-order valence-corrected chi connectivity index (χ0v) is 16.9. The highest BCUT2D eigenvalue weighted by Crippen LogP contribution is 2.33. The molecule has 30 heavy (non-hydrogen) atoms. The van der Waals surface area contributed by atoms with E-state index in [0.717, 1.165) is 18.1 Å². The maximum absolute atomic E-state index is 13.5. The summed E-state index contributed by atoms with van der Waals surface area (Å²) in [6.45, 7) is 6.82. The second-order valence-electron chi connectivity index (χ2n) is 8.54. The fourth-order valence-electron chi connectivity index (χ4n) is 3.62. The van der Waals surface area contributed by atoms with E-state index in [4.69, 9.17) is 0 Å². The minimum atomic E-state index is -4.59. The fraction of sp³-hybridized carbons (Fsp3) is 0.526. The lowest BCUT2D eigenvalue weighted by molar-refractivity contribution is -0.142. The summed E-state index contributed by atoms with van der Waals surface area (Å²) in [5, 5.41) is 10.7. The van der Waals surface area contributed by atoms with Crippen LogP contribution in [0.4, 0.5) is 13.2 Å². The summed E-state index contributed by atoms with van der Waals surface area (Å²) in [4.78, 5) is 22.6. The van der Waals surface area contributed by atoms with Gasteiger partial charge in [-0.1, -0.05) is 20.8 Å². The van der Waals surface area contributed by atoms with Crippen molar-refractivity contribution in [1.82, 2.24) is 34.7 Å². The molecular weight excluding hydrogens is 399 g/mol. The van der Waals surface area contributed by atoms with Crippen molar-refractivity contribution in [3.05, 3.63) is 41.2 Å². The van der Waals surface area contributed by atoms with Crippen LogP contribution in [-0.4, -0.2) is 53.7 Å². The Morgan fingerprint density at radius 2 is 2.00 bits per heavy atom. The van der Waals surface area contributed by atoms with Gasteiger partial charge in [-0.15, -0.1) is 0 Å². The van der Waals surface area contributed by atoms with Gasteiger partial charge >= 0.3 is 6.18 Å². The Labute approximate surface area is 170 Å². The lowest BCUT2D eigenvalue weighted by Crippen LogP contribution is -2.39. The molecule has 0 aliphatic carbocycles. The van der Waals surface area contributed by atoms with E-state index in [9.17, 15) is 18.0 Å². The summed E-state index contributed by atoms with van der Waals surface area (Å²) < 4.78 is 41.1. The van der Waals surface area contributed by atoms with E-state index in [2.05, 4.69) is 25.3 Å². The SMILES string of the molecule is CC(C)(C)c1cc(C(=O)N2CCC[C@H](c3cc(C(F)(F)F)n4ncnc4n3)C2)n[nH]1. The smallest absolute Gasteiger partial charge is 0.337 e. The van der Waals surface area contributed by atoms with E-state index in [1.54, 1.807) is 11.0 Å². The molecule has 1 amide bonds. The molecular formula is C19H22F3N7O. The van der Waals surface area contributed by atoms with E-state index in [-0.39, 0.29) is 35.3 Å². The first-order valence-corrected chi connectivity index (χ1v) is 9.67. The molecule has 0 unspecified atom stereocenters. The zero-order chi connectivity index (χ0) is 21.7. The second-order valence-corrected chi connectivity index (χ2v) is 8.54. The Kier molecular flexibility index (Phi) is 4.78. The van der Waals surface area contributed by atoms with Crippen molar-refractivity contribution in [2.24, 2.45) is 0 Å². The number of H-pyrrole nitrogens is 1. The van der Waals surface area contributed by atoms with E-state index >= 15 is 0 Å². The summed E-state index contributed by atoms with van der Waals surface area (Å²) in [7, 11) is 0. The van der Waals surface area contributed by atoms with Gasteiger partial charge in [0.15, 0.2) is 5.69 Å². The second kappa shape index (κ2) is 7.06. The van der Waals surface area contributed by atoms with Crippen LogP contribution in [0.15, 0.2) is 18.5 Å². The topological polar surface area (TPSA) is 92.1 Å². The van der Waals surface area contributed by atoms with Gasteiger partial charge in [-0.2, -0.15) is 32.9 Å². The van der Waals surface area contributed by atoms with Gasteiger partial charge in [0.25, 0.3) is 11.7 Å². The molecule has 3 aromatic heterocycles. The van der Waals surface area contributed by atoms with Crippen LogP contribution in [0, 0.1) is 0 Å². The molecule has 11 heteroatoms. The molecule has 0 saturated carbocycles. The minimum absolute atomic E-state index is 0.106. The Bertz CT molecular complexity index is 1080. The van der Waals surface area contributed by atoms with Gasteiger partial charge in [-0.3, -0.25) is 9.89 Å². The van der Waals surface area contributed by atoms with Crippen LogP contribution in [0.3, 0.4) is 0 Å². The van der Waals surface area contributed by atoms with Gasteiger partial charge in [0.1, 0.15) is 12.0 Å². The number of carbonyl (C=O) groups excluding carboxylic acids is 1. The molecule has 1 saturated heterocycles. The highest BCUT2D eigenvalue weighted by molar-refractivity contribution is 5.92. The average Bonchev–Trinajstić information content (AvgIpc) is 3.35. The Balaban J connectivity index is 1.60. The number of piperidine rings is 1. The van der Waals surface area contributed by atoms with Crippen molar-refractivity contribution in [2.75, 3.05) is 13.1 Å². The quantitative estimate of drug-likeness (QED) is 0.686. The number of nitrogens with one attached hydrogen (secondary N) is 1. The normalized spacial score (nSPS) is 18.2. The monoisotopic (exact) mass is 421 g/mol. The Morgan fingerprint density at radius 3 is 2.67 bits per heavy atom. The van der Waals surface area contributed by atoms with Crippen LogP contribution in [0.2, 0.25) is 0 Å². The van der Waals surface area contributed by atoms with Crippen molar-refractivity contribution < 1.29 is 18.0 Å². The van der Waals surface area contributed by atoms with Gasteiger partial charge < -0.3 is 4.90 Å². The van der Waals surface area contributed by atoms with Crippen LogP contribution in [0.1, 0.15) is 67.1 Å². The molecule has 4 rings (SSSR count). The van der Waals surface area contributed by atoms with E-state index in [1.807, 2.05) is 20.8 Å². The van der Waals surface area contributed by atoms with Crippen LogP contribution in [-0.2, 0) is 11.6 Å². The fourth-order valence-corrected chi connectivity index (χ4v) is 3.62. The lowest BCUT2D eigenvalue weighted by Gasteiger charge is -2.32. The maximum Gasteiger partial charge on any atom is 0.433 e. The number of halogens is 3. The number of nitrogens with zero attached hydrogens (tertiary/aromatic N) is 6. The van der Waals surface area contributed by atoms with Crippen LogP contribution in [0.25, 0.3) is 5.78 Å².